The van der Waals surface area contributed by atoms with Crippen LogP contribution >= 0.6 is 34.9 Å². The molecule has 3 aromatic rings. The summed E-state index contributed by atoms with van der Waals surface area (Å²) in [6.07, 6.45) is 5.05. The van der Waals surface area contributed by atoms with E-state index in [0.717, 1.165) is 21.9 Å². The number of ether oxygens (including phenoxy) is 2. The molecule has 0 saturated carbocycles. The first-order chi connectivity index (χ1) is 51.3. The number of carbonyl (C=O) groups is 12. The molecule has 32 heteroatoms. The van der Waals surface area contributed by atoms with E-state index >= 15 is 0 Å². The maximum Gasteiger partial charge on any atom is 0.410 e. The van der Waals surface area contributed by atoms with Crippen LogP contribution in [-0.2, 0) is 70.4 Å². The third kappa shape index (κ3) is 28.2. The number of likely N-dealkylation sites (N-methyl/N-ethyl adjacent to an activating group) is 2. The summed E-state index contributed by atoms with van der Waals surface area (Å²) in [5.41, 5.74) is 7.15. The summed E-state index contributed by atoms with van der Waals surface area (Å²) in [5.74, 6) is -5.47. The van der Waals surface area contributed by atoms with Gasteiger partial charge in [-0.2, -0.15) is 23.5 Å². The van der Waals surface area contributed by atoms with Crippen LogP contribution in [0.4, 0.5) is 15.3 Å². The summed E-state index contributed by atoms with van der Waals surface area (Å²) >= 11 is 4.16. The number of hydrogen-bond donors (Lipinski definition) is 9. The molecule has 2 aliphatic heterocycles. The van der Waals surface area contributed by atoms with Crippen molar-refractivity contribution in [2.24, 2.45) is 35.3 Å². The van der Waals surface area contributed by atoms with Gasteiger partial charge in [0.05, 0.1) is 62.0 Å². The van der Waals surface area contributed by atoms with Gasteiger partial charge in [0.15, 0.2) is 5.78 Å². The van der Waals surface area contributed by atoms with Gasteiger partial charge in [-0.25, -0.2) is 14.6 Å². The van der Waals surface area contributed by atoms with Crippen molar-refractivity contribution in [3.8, 4) is 0 Å². The molecule has 12 atom stereocenters. The van der Waals surface area contributed by atoms with E-state index in [1.807, 2.05) is 62.7 Å². The number of unbranched alkanes of at least 4 members (excludes halogenated alkanes) is 1. The third-order valence-electron chi connectivity index (χ3n) is 19.6. The van der Waals surface area contributed by atoms with E-state index in [1.165, 1.54) is 61.5 Å². The van der Waals surface area contributed by atoms with Crippen molar-refractivity contribution < 1.29 is 72.1 Å². The smallest absolute Gasteiger partial charge is 0.410 e. The number of thioether (sulfide) groups is 2. The molecule has 0 bridgehead atoms. The molecule has 29 nitrogen and oxygen atoms in total. The average molecular weight is 1560 g/mol. The number of benzene rings is 2. The van der Waals surface area contributed by atoms with Gasteiger partial charge in [0, 0.05) is 88.2 Å². The molecule has 108 heavy (non-hydrogen) atoms. The normalized spacial score (nSPS) is 17.2. The van der Waals surface area contributed by atoms with Crippen molar-refractivity contribution in [1.29, 1.82) is 0 Å². The number of nitrogens with zero attached hydrogens (tertiary/aromatic N) is 6. The number of primary amides is 1. The molecule has 10 N–H and O–H groups in total. The molecule has 3 heterocycles. The Hall–Kier alpha value is -7.91. The molecule has 0 aliphatic carbocycles. The quantitative estimate of drug-likeness (QED) is 0.0277. The fourth-order valence-corrected chi connectivity index (χ4v) is 15.1. The van der Waals surface area contributed by atoms with Gasteiger partial charge in [-0.15, -0.1) is 11.3 Å². The molecular weight excluding hydrogens is 1450 g/mol. The zero-order valence-corrected chi connectivity index (χ0v) is 67.8. The van der Waals surface area contributed by atoms with Crippen molar-refractivity contribution >= 4 is 112 Å². The summed E-state index contributed by atoms with van der Waals surface area (Å²) in [7, 11) is 4.51. The molecule has 2 fully saturated rings. The van der Waals surface area contributed by atoms with Gasteiger partial charge in [-0.05, 0) is 91.7 Å². The van der Waals surface area contributed by atoms with Crippen LogP contribution in [0.25, 0.3) is 0 Å². The Labute approximate surface area is 649 Å². The average Bonchev–Trinajstić information content (AvgIpc) is 0.961. The van der Waals surface area contributed by atoms with Gasteiger partial charge in [0.25, 0.3) is 0 Å². The van der Waals surface area contributed by atoms with Gasteiger partial charge in [0.1, 0.15) is 35.8 Å². The fourth-order valence-electron chi connectivity index (χ4n) is 13.3. The molecule has 2 aromatic carbocycles. The Morgan fingerprint density at radius 2 is 1.35 bits per heavy atom. The van der Waals surface area contributed by atoms with E-state index in [9.17, 15) is 62.6 Å². The number of methoxy groups -OCH3 is 1. The standard InChI is InChI=1S/C76H118N14O15S3/c1-15-17-25-61(94)88-43-89(62(95)32-36-106-14)45-90(44-88)63(96)33-37-107-42-60(93)84-64(46(3)4)71(99)82-56(24-21-34-79-75(77)102)70(98)80-53-28-26-52(27-29-53)41-105-76(103)87(12)66(48(7)8)72(100)85-65(47(5)6)74(101)86(11)67(49(9)16-2)59(92)40-58(91)54-30-31-55(81-54)68(104-13)50(10)69(97)83-57(73-78-35-38-108-73)39-51-22-19-18-20-23-51/h18-20,22-23,26-29,35,38,46-50,54-57,59,64-68,81,92H,15-17,21,24-25,30-34,36-37,39-45H2,1-14H3,(H,80,98)(H,82,99)(H,83,97)(H,84,93)(H,85,100)(H3,77,79,102)/t49-,50+,54?,55-,56-,57-,59+,64-,65-,66-,67-,68+/m0/s1. The van der Waals surface area contributed by atoms with Gasteiger partial charge >= 0.3 is 12.1 Å². The molecule has 12 amide bonds. The molecule has 600 valence electrons. The Bertz CT molecular complexity index is 3390. The maximum atomic E-state index is 14.7. The highest BCUT2D eigenvalue weighted by Crippen LogP contribution is 2.29. The highest BCUT2D eigenvalue weighted by atomic mass is 32.2. The number of hydrogen-bond acceptors (Lipinski definition) is 20. The van der Waals surface area contributed by atoms with Crippen molar-refractivity contribution in [2.45, 2.75) is 213 Å². The minimum atomic E-state index is -1.29. The van der Waals surface area contributed by atoms with Crippen molar-refractivity contribution in [3.05, 3.63) is 82.3 Å². The van der Waals surface area contributed by atoms with Gasteiger partial charge in [0.2, 0.25) is 53.2 Å². The van der Waals surface area contributed by atoms with Crippen LogP contribution in [0.15, 0.2) is 66.2 Å². The first-order valence-electron chi connectivity index (χ1n) is 37.5. The SMILES string of the molecule is CCCCC(=O)N1CN(C(=O)CCSC)CN(C(=O)CCSCC(=O)N[C@H](C(=O)N[C@@H](CCCNC(N)=O)C(=O)Nc2ccc(COC(=O)N(C)[C@H](C(=O)N[C@H](C(=O)N(C)[C@H]([C@H](O)CC(=O)C3CC[C@@H]([C@H](OC)[C@@H](C)C(=O)N[C@@H](Cc4ccccc4)c4nccs4)N3)[C@@H](C)CC)C(C)C)C(C)C)cc2)C(C)C)C1. The second-order valence-electron chi connectivity index (χ2n) is 29.0. The minimum absolute atomic E-state index is 0.0272. The molecular formula is C76H118N14O15S3. The van der Waals surface area contributed by atoms with Crippen LogP contribution in [0.1, 0.15) is 162 Å². The lowest BCUT2D eigenvalue weighted by Gasteiger charge is -2.42. The largest absolute Gasteiger partial charge is 0.445 e. The van der Waals surface area contributed by atoms with Crippen molar-refractivity contribution in [1.82, 2.24) is 61.4 Å². The maximum absolute atomic E-state index is 14.7. The molecule has 2 aliphatic rings. The topological polar surface area (TPSA) is 383 Å². The molecule has 1 aromatic heterocycles. The van der Waals surface area contributed by atoms with E-state index in [2.05, 4.69) is 42.2 Å². The number of amides is 12. The minimum Gasteiger partial charge on any atom is -0.445 e. The van der Waals surface area contributed by atoms with Crippen molar-refractivity contribution in [2.75, 3.05) is 76.6 Å². The predicted molar refractivity (Wildman–Crippen MR) is 418 cm³/mol. The lowest BCUT2D eigenvalue weighted by molar-refractivity contribution is -0.158. The summed E-state index contributed by atoms with van der Waals surface area (Å²) < 4.78 is 11.7. The number of ketones is 1. The number of nitrogens with two attached hydrogens (primary N) is 1. The number of rotatable bonds is 44. The van der Waals surface area contributed by atoms with Crippen LogP contribution in [0.5, 0.6) is 0 Å². The Balaban J connectivity index is 1.14. The van der Waals surface area contributed by atoms with Gasteiger partial charge < -0.3 is 77.1 Å². The third-order valence-corrected chi connectivity index (χ3v) is 22.1. The van der Waals surface area contributed by atoms with Crippen LogP contribution in [0.2, 0.25) is 0 Å². The summed E-state index contributed by atoms with van der Waals surface area (Å²) in [4.78, 5) is 175. The Morgan fingerprint density at radius 1 is 0.722 bits per heavy atom. The molecule has 2 saturated heterocycles. The number of urea groups is 1. The first kappa shape index (κ1) is 90.7. The van der Waals surface area contributed by atoms with Crippen molar-refractivity contribution in [3.63, 3.8) is 0 Å². The molecule has 0 radical (unpaired) electrons. The number of aromatic nitrogens is 1. The first-order valence-corrected chi connectivity index (χ1v) is 40.9. The fraction of sp³-hybridized carbons (Fsp3) is 0.645. The molecule has 0 spiro atoms. The highest BCUT2D eigenvalue weighted by molar-refractivity contribution is 8.00. The van der Waals surface area contributed by atoms with Crippen LogP contribution in [-0.4, -0.2) is 231 Å². The number of thiazole rings is 1. The number of Topliss-reactive ketones (excluding diaryl/α,β-unsaturated/α-hetero) is 1. The number of aliphatic hydroxyl groups is 1. The Kier molecular flexibility index (Phi) is 38.6. The predicted octanol–water partition coefficient (Wildman–Crippen LogP) is 6.39. The summed E-state index contributed by atoms with van der Waals surface area (Å²) in [5, 5.41) is 34.9. The van der Waals surface area contributed by atoms with E-state index in [1.54, 1.807) is 93.1 Å². The van der Waals surface area contributed by atoms with Crippen LogP contribution in [0, 0.1) is 29.6 Å². The lowest BCUT2D eigenvalue weighted by atomic mass is 9.88. The zero-order valence-electron chi connectivity index (χ0n) is 65.3. The van der Waals surface area contributed by atoms with E-state index in [-0.39, 0.29) is 124 Å². The monoisotopic (exact) mass is 1560 g/mol. The molecule has 1 unspecified atom stereocenters. The second kappa shape index (κ2) is 45.9. The second-order valence-corrected chi connectivity index (χ2v) is 32.0. The van der Waals surface area contributed by atoms with Crippen LogP contribution < -0.4 is 43.0 Å². The zero-order chi connectivity index (χ0) is 79.9. The Morgan fingerprint density at radius 3 is 1.92 bits per heavy atom. The van der Waals surface area contributed by atoms with E-state index in [0.29, 0.717) is 55.5 Å². The lowest BCUT2D eigenvalue weighted by Crippen LogP contribution is -2.60. The summed E-state index contributed by atoms with van der Waals surface area (Å²) in [6.45, 7) is 18.1. The van der Waals surface area contributed by atoms with Gasteiger partial charge in [-0.1, -0.05) is 125 Å². The van der Waals surface area contributed by atoms with E-state index < -0.39 is 114 Å². The van der Waals surface area contributed by atoms with Crippen LogP contribution in [0.3, 0.4) is 0 Å². The van der Waals surface area contributed by atoms with Gasteiger partial charge in [-0.3, -0.25) is 52.8 Å². The number of nitrogens with one attached hydrogen (secondary N) is 7. The van der Waals surface area contributed by atoms with E-state index in [4.69, 9.17) is 15.2 Å². The highest BCUT2D eigenvalue weighted by Gasteiger charge is 2.43. The summed E-state index contributed by atoms with van der Waals surface area (Å²) in [6, 6.07) is 8.74. The number of carbonyl (C=O) groups excluding carboxylic acids is 12. The molecule has 5 rings (SSSR count). The number of anilines is 1. The number of aliphatic hydroxyl groups excluding tert-OH is 1.